The Morgan fingerprint density at radius 3 is 2.55 bits per heavy atom. The van der Waals surface area contributed by atoms with Crippen LogP contribution in [-0.2, 0) is 16.1 Å². The number of benzene rings is 2. The van der Waals surface area contributed by atoms with Crippen LogP contribution in [0.5, 0.6) is 0 Å². The average molecular weight is 464 g/mol. The molecule has 9 heteroatoms. The van der Waals surface area contributed by atoms with E-state index in [1.54, 1.807) is 31.2 Å². The van der Waals surface area contributed by atoms with Crippen molar-refractivity contribution in [2.24, 2.45) is 10.3 Å². The van der Waals surface area contributed by atoms with Crippen molar-refractivity contribution >= 4 is 29.1 Å². The molecule has 0 unspecified atom stereocenters. The molecule has 2 aliphatic heterocycles. The highest BCUT2D eigenvalue weighted by molar-refractivity contribution is 6.30. The van der Waals surface area contributed by atoms with Crippen LogP contribution in [0, 0.1) is 6.92 Å². The van der Waals surface area contributed by atoms with Gasteiger partial charge in [0.25, 0.3) is 11.8 Å². The SMILES string of the molecule is Cc1oc(-c2cccc(Cl)c2)nc1CN1N=N[C@@H]2C(=O)N(c3ccc(C(C)C)cc3)C(=O)[C@@H]21. The number of fused-ring (bicyclic) bond motifs is 1. The zero-order chi connectivity index (χ0) is 23.3. The van der Waals surface area contributed by atoms with Crippen LogP contribution in [0.25, 0.3) is 11.5 Å². The van der Waals surface area contributed by atoms with Crippen molar-refractivity contribution in [3.05, 3.63) is 70.6 Å². The number of rotatable bonds is 5. The Balaban J connectivity index is 1.38. The minimum Gasteiger partial charge on any atom is -0.441 e. The van der Waals surface area contributed by atoms with Crippen molar-refractivity contribution in [2.45, 2.75) is 45.3 Å². The molecule has 33 heavy (non-hydrogen) atoms. The fraction of sp³-hybridized carbons (Fsp3) is 0.292. The Morgan fingerprint density at radius 2 is 1.85 bits per heavy atom. The van der Waals surface area contributed by atoms with Crippen molar-refractivity contribution in [3.8, 4) is 11.5 Å². The van der Waals surface area contributed by atoms with Gasteiger partial charge >= 0.3 is 0 Å². The van der Waals surface area contributed by atoms with Gasteiger partial charge in [-0.25, -0.2) is 9.88 Å². The van der Waals surface area contributed by atoms with Gasteiger partial charge in [0.15, 0.2) is 12.1 Å². The zero-order valence-corrected chi connectivity index (χ0v) is 19.2. The summed E-state index contributed by atoms with van der Waals surface area (Å²) in [7, 11) is 0. The maximum atomic E-state index is 13.3. The lowest BCUT2D eigenvalue weighted by atomic mass is 10.0. The van der Waals surface area contributed by atoms with Gasteiger partial charge in [-0.2, -0.15) is 5.11 Å². The van der Waals surface area contributed by atoms with E-state index < -0.39 is 12.1 Å². The second kappa shape index (κ2) is 8.12. The first-order valence-electron chi connectivity index (χ1n) is 10.7. The maximum Gasteiger partial charge on any atom is 0.263 e. The normalized spacial score (nSPS) is 19.8. The lowest BCUT2D eigenvalue weighted by Crippen LogP contribution is -2.39. The summed E-state index contributed by atoms with van der Waals surface area (Å²) in [4.78, 5) is 32.0. The van der Waals surface area contributed by atoms with E-state index in [1.165, 1.54) is 9.91 Å². The van der Waals surface area contributed by atoms with Crippen LogP contribution in [-0.4, -0.2) is 33.9 Å². The molecule has 8 nitrogen and oxygen atoms in total. The summed E-state index contributed by atoms with van der Waals surface area (Å²) in [6.45, 7) is 6.17. The molecule has 5 rings (SSSR count). The minimum atomic E-state index is -0.859. The summed E-state index contributed by atoms with van der Waals surface area (Å²) in [6, 6.07) is 13.0. The number of aromatic nitrogens is 1. The molecule has 0 bridgehead atoms. The van der Waals surface area contributed by atoms with Crippen LogP contribution in [0.1, 0.15) is 36.8 Å². The number of oxazole rings is 1. The van der Waals surface area contributed by atoms with Crippen LogP contribution in [0.15, 0.2) is 63.3 Å². The first kappa shape index (κ1) is 21.3. The van der Waals surface area contributed by atoms with Gasteiger partial charge in [-0.15, -0.1) is 0 Å². The number of imide groups is 1. The largest absolute Gasteiger partial charge is 0.441 e. The third kappa shape index (κ3) is 3.70. The molecule has 0 N–H and O–H groups in total. The third-order valence-electron chi connectivity index (χ3n) is 5.95. The number of amides is 2. The molecule has 0 radical (unpaired) electrons. The molecule has 0 saturated carbocycles. The highest BCUT2D eigenvalue weighted by Crippen LogP contribution is 2.34. The molecule has 2 aliphatic rings. The zero-order valence-electron chi connectivity index (χ0n) is 18.4. The predicted molar refractivity (Wildman–Crippen MR) is 123 cm³/mol. The molecular formula is C24H22ClN5O3. The number of hydrogen-bond donors (Lipinski definition) is 0. The molecule has 1 saturated heterocycles. The number of anilines is 1. The van der Waals surface area contributed by atoms with E-state index >= 15 is 0 Å². The molecule has 0 spiro atoms. The van der Waals surface area contributed by atoms with Crippen molar-refractivity contribution in [3.63, 3.8) is 0 Å². The molecule has 1 aromatic heterocycles. The molecule has 3 heterocycles. The quantitative estimate of drug-likeness (QED) is 0.501. The van der Waals surface area contributed by atoms with Gasteiger partial charge in [0.1, 0.15) is 11.5 Å². The second-order valence-corrected chi connectivity index (χ2v) is 8.92. The molecule has 2 aromatic carbocycles. The highest BCUT2D eigenvalue weighted by atomic mass is 35.5. The van der Waals surface area contributed by atoms with Gasteiger partial charge in [-0.1, -0.05) is 48.9 Å². The minimum absolute atomic E-state index is 0.194. The smallest absolute Gasteiger partial charge is 0.263 e. The van der Waals surface area contributed by atoms with Gasteiger partial charge < -0.3 is 4.42 Å². The average Bonchev–Trinajstić information content (AvgIpc) is 3.44. The Hall–Kier alpha value is -3.52. The summed E-state index contributed by atoms with van der Waals surface area (Å²) in [6.07, 6.45) is 0. The Kier molecular flexibility index (Phi) is 5.25. The van der Waals surface area contributed by atoms with Crippen LogP contribution in [0.2, 0.25) is 5.02 Å². The van der Waals surface area contributed by atoms with Gasteiger partial charge in [-0.05, 0) is 48.7 Å². The summed E-state index contributed by atoms with van der Waals surface area (Å²) in [5.74, 6) is 0.670. The highest BCUT2D eigenvalue weighted by Gasteiger charge is 2.54. The fourth-order valence-electron chi connectivity index (χ4n) is 4.09. The van der Waals surface area contributed by atoms with Crippen molar-refractivity contribution in [1.82, 2.24) is 9.99 Å². The number of aryl methyl sites for hydroxylation is 1. The van der Waals surface area contributed by atoms with Crippen LogP contribution in [0.3, 0.4) is 0 Å². The summed E-state index contributed by atoms with van der Waals surface area (Å²) in [5, 5.41) is 10.3. The van der Waals surface area contributed by atoms with Gasteiger partial charge in [0, 0.05) is 10.6 Å². The number of nitrogens with zero attached hydrogens (tertiary/aromatic N) is 5. The molecule has 1 fully saturated rings. The van der Waals surface area contributed by atoms with Crippen molar-refractivity contribution in [2.75, 3.05) is 4.90 Å². The number of carbonyl (C=O) groups is 2. The lowest BCUT2D eigenvalue weighted by Gasteiger charge is -2.20. The number of hydrogen-bond acceptors (Lipinski definition) is 7. The topological polar surface area (TPSA) is 91.4 Å². The summed E-state index contributed by atoms with van der Waals surface area (Å²) < 4.78 is 5.82. The van der Waals surface area contributed by atoms with Crippen molar-refractivity contribution < 1.29 is 14.0 Å². The van der Waals surface area contributed by atoms with E-state index in [4.69, 9.17) is 16.0 Å². The van der Waals surface area contributed by atoms with Gasteiger partial charge in [0.05, 0.1) is 12.2 Å². The first-order chi connectivity index (χ1) is 15.8. The molecular weight excluding hydrogens is 442 g/mol. The van der Waals surface area contributed by atoms with Gasteiger partial charge in [-0.3, -0.25) is 14.6 Å². The Bertz CT molecular complexity index is 1270. The summed E-state index contributed by atoms with van der Waals surface area (Å²) in [5.41, 5.74) is 3.04. The van der Waals surface area contributed by atoms with E-state index in [9.17, 15) is 9.59 Å². The molecule has 168 valence electrons. The number of halogens is 1. The van der Waals surface area contributed by atoms with Gasteiger partial charge in [0.2, 0.25) is 5.89 Å². The molecule has 2 atom stereocenters. The van der Waals surface area contributed by atoms with E-state index in [0.29, 0.717) is 34.0 Å². The lowest BCUT2D eigenvalue weighted by molar-refractivity contribution is -0.123. The molecule has 3 aromatic rings. The van der Waals surface area contributed by atoms with E-state index in [0.717, 1.165) is 11.1 Å². The summed E-state index contributed by atoms with van der Waals surface area (Å²) >= 11 is 6.08. The maximum absolute atomic E-state index is 13.3. The van der Waals surface area contributed by atoms with Crippen LogP contribution < -0.4 is 4.90 Å². The third-order valence-corrected chi connectivity index (χ3v) is 6.19. The Labute approximate surface area is 195 Å². The van der Waals surface area contributed by atoms with Crippen LogP contribution in [0.4, 0.5) is 5.69 Å². The van der Waals surface area contributed by atoms with E-state index in [1.807, 2.05) is 24.3 Å². The monoisotopic (exact) mass is 463 g/mol. The molecule has 2 amide bonds. The van der Waals surface area contributed by atoms with E-state index in [2.05, 4.69) is 29.2 Å². The Morgan fingerprint density at radius 1 is 1.09 bits per heavy atom. The van der Waals surface area contributed by atoms with E-state index in [-0.39, 0.29) is 18.4 Å². The fourth-order valence-corrected chi connectivity index (χ4v) is 4.28. The number of carbonyl (C=O) groups excluding carboxylic acids is 2. The van der Waals surface area contributed by atoms with Crippen LogP contribution >= 0.6 is 11.6 Å². The second-order valence-electron chi connectivity index (χ2n) is 8.48. The molecule has 0 aliphatic carbocycles. The standard InChI is InChI=1S/C24H22ClN5O3/c1-13(2)15-7-9-18(10-8-15)30-23(31)20-21(24(30)32)29(28-27-20)12-19-14(3)33-22(26-19)16-5-4-6-17(25)11-16/h4-11,13,20-21H,12H2,1-3H3/t20-,21+/m0/s1. The predicted octanol–water partition coefficient (Wildman–Crippen LogP) is 4.92. The first-order valence-corrected chi connectivity index (χ1v) is 11.1. The van der Waals surface area contributed by atoms with Crippen molar-refractivity contribution in [1.29, 1.82) is 0 Å².